The van der Waals surface area contributed by atoms with Crippen molar-refractivity contribution >= 4 is 34.8 Å². The van der Waals surface area contributed by atoms with Gasteiger partial charge in [0.25, 0.3) is 5.91 Å². The molecule has 2 aliphatic heterocycles. The molecule has 0 aromatic heterocycles. The number of anilines is 2. The van der Waals surface area contributed by atoms with Gasteiger partial charge in [-0.2, -0.15) is 0 Å². The molecule has 30 heavy (non-hydrogen) atoms. The van der Waals surface area contributed by atoms with Crippen LogP contribution in [0.2, 0.25) is 5.02 Å². The van der Waals surface area contributed by atoms with Crippen LogP contribution in [-0.4, -0.2) is 42.9 Å². The molecule has 1 N–H and O–H groups in total. The van der Waals surface area contributed by atoms with E-state index < -0.39 is 0 Å². The fourth-order valence-electron chi connectivity index (χ4n) is 4.38. The lowest BCUT2D eigenvalue weighted by atomic mass is 9.96. The van der Waals surface area contributed by atoms with Crippen LogP contribution in [0.1, 0.15) is 42.5 Å². The first kappa shape index (κ1) is 20.7. The Balaban J connectivity index is 1.43. The number of benzene rings is 2. The number of para-hydroxylation sites is 2. The number of piperidine rings is 2. The van der Waals surface area contributed by atoms with Crippen LogP contribution in [-0.2, 0) is 4.79 Å². The normalized spacial score (nSPS) is 19.4. The number of likely N-dealkylation sites (tertiary alicyclic amines) is 1. The third-order valence-electron chi connectivity index (χ3n) is 6.03. The van der Waals surface area contributed by atoms with E-state index in [1.54, 1.807) is 29.2 Å². The molecule has 158 valence electrons. The molecule has 0 spiro atoms. The van der Waals surface area contributed by atoms with Gasteiger partial charge < -0.3 is 15.1 Å². The molecule has 4 rings (SSSR count). The van der Waals surface area contributed by atoms with E-state index in [1.165, 1.54) is 19.3 Å². The predicted molar refractivity (Wildman–Crippen MR) is 121 cm³/mol. The van der Waals surface area contributed by atoms with Crippen LogP contribution in [0, 0.1) is 5.92 Å². The first-order valence-electron chi connectivity index (χ1n) is 10.8. The van der Waals surface area contributed by atoms with Crippen molar-refractivity contribution in [2.45, 2.75) is 32.1 Å². The van der Waals surface area contributed by atoms with E-state index >= 15 is 0 Å². The quantitative estimate of drug-likeness (QED) is 0.763. The molecule has 0 bridgehead atoms. The Morgan fingerprint density at radius 1 is 0.900 bits per heavy atom. The Morgan fingerprint density at radius 2 is 1.63 bits per heavy atom. The van der Waals surface area contributed by atoms with Gasteiger partial charge in [-0.05, 0) is 68.5 Å². The summed E-state index contributed by atoms with van der Waals surface area (Å²) in [6.45, 7) is 3.17. The number of carbonyl (C=O) groups excluding carboxylic acids is 2. The van der Waals surface area contributed by atoms with Crippen LogP contribution in [0.15, 0.2) is 48.5 Å². The average Bonchev–Trinajstić information content (AvgIpc) is 2.80. The van der Waals surface area contributed by atoms with Gasteiger partial charge in [0.2, 0.25) is 5.91 Å². The topological polar surface area (TPSA) is 52.7 Å². The number of nitrogens with one attached hydrogen (secondary N) is 1. The highest BCUT2D eigenvalue weighted by atomic mass is 35.5. The van der Waals surface area contributed by atoms with Gasteiger partial charge in [0, 0.05) is 36.8 Å². The minimum Gasteiger partial charge on any atom is -0.370 e. The molecule has 6 heteroatoms. The number of carbonyl (C=O) groups is 2. The average molecular weight is 426 g/mol. The second kappa shape index (κ2) is 9.52. The van der Waals surface area contributed by atoms with Crippen LogP contribution in [0.5, 0.6) is 0 Å². The maximum atomic E-state index is 13.1. The zero-order chi connectivity index (χ0) is 20.9. The molecular formula is C24H28ClN3O2. The molecule has 2 fully saturated rings. The third-order valence-corrected chi connectivity index (χ3v) is 6.28. The smallest absolute Gasteiger partial charge is 0.253 e. The lowest BCUT2D eigenvalue weighted by molar-refractivity contribution is -0.121. The van der Waals surface area contributed by atoms with Crippen LogP contribution < -0.4 is 10.2 Å². The summed E-state index contributed by atoms with van der Waals surface area (Å²) in [5.41, 5.74) is 2.57. The monoisotopic (exact) mass is 425 g/mol. The highest BCUT2D eigenvalue weighted by molar-refractivity contribution is 6.30. The molecule has 2 aliphatic rings. The van der Waals surface area contributed by atoms with E-state index in [0.717, 1.165) is 37.3 Å². The molecule has 1 atom stereocenters. The standard InChI is InChI=1S/C24H28ClN3O2/c25-20-12-10-18(11-13-20)24(30)28-16-6-7-19(17-28)23(29)26-21-8-2-3-9-22(21)27-14-4-1-5-15-27/h2-3,8-13,19H,1,4-7,14-17H2,(H,26,29). The summed E-state index contributed by atoms with van der Waals surface area (Å²) in [4.78, 5) is 30.1. The van der Waals surface area contributed by atoms with Gasteiger partial charge in [-0.3, -0.25) is 9.59 Å². The second-order valence-electron chi connectivity index (χ2n) is 8.15. The number of halogens is 1. The number of hydrogen-bond acceptors (Lipinski definition) is 3. The zero-order valence-corrected chi connectivity index (χ0v) is 17.9. The Morgan fingerprint density at radius 3 is 2.40 bits per heavy atom. The summed E-state index contributed by atoms with van der Waals surface area (Å²) in [7, 11) is 0. The number of hydrogen-bond donors (Lipinski definition) is 1. The molecule has 2 heterocycles. The molecule has 2 saturated heterocycles. The minimum atomic E-state index is -0.204. The van der Waals surface area contributed by atoms with Gasteiger partial charge in [0.1, 0.15) is 0 Å². The van der Waals surface area contributed by atoms with Gasteiger partial charge in [0.15, 0.2) is 0 Å². The van der Waals surface area contributed by atoms with Gasteiger partial charge in [-0.1, -0.05) is 23.7 Å². The highest BCUT2D eigenvalue weighted by Gasteiger charge is 2.29. The van der Waals surface area contributed by atoms with E-state index in [1.807, 2.05) is 18.2 Å². The Bertz CT molecular complexity index is 894. The van der Waals surface area contributed by atoms with E-state index in [4.69, 9.17) is 11.6 Å². The number of rotatable bonds is 4. The second-order valence-corrected chi connectivity index (χ2v) is 8.59. The van der Waals surface area contributed by atoms with Crippen molar-refractivity contribution in [1.82, 2.24) is 4.90 Å². The van der Waals surface area contributed by atoms with E-state index in [0.29, 0.717) is 23.7 Å². The van der Waals surface area contributed by atoms with Crippen molar-refractivity contribution in [3.8, 4) is 0 Å². The van der Waals surface area contributed by atoms with Crippen molar-refractivity contribution in [3.63, 3.8) is 0 Å². The minimum absolute atomic E-state index is 0.00642. The molecule has 0 aliphatic carbocycles. The zero-order valence-electron chi connectivity index (χ0n) is 17.1. The first-order chi connectivity index (χ1) is 14.6. The van der Waals surface area contributed by atoms with Crippen LogP contribution in [0.25, 0.3) is 0 Å². The predicted octanol–water partition coefficient (Wildman–Crippen LogP) is 4.82. The summed E-state index contributed by atoms with van der Waals surface area (Å²) in [6.07, 6.45) is 5.26. The Labute approximate surface area is 183 Å². The van der Waals surface area contributed by atoms with Crippen LogP contribution in [0.3, 0.4) is 0 Å². The van der Waals surface area contributed by atoms with Crippen LogP contribution in [0.4, 0.5) is 11.4 Å². The number of nitrogens with zero attached hydrogens (tertiary/aromatic N) is 2. The van der Waals surface area contributed by atoms with Gasteiger partial charge in [0.05, 0.1) is 17.3 Å². The summed E-state index contributed by atoms with van der Waals surface area (Å²) in [6, 6.07) is 15.0. The Kier molecular flexibility index (Phi) is 6.58. The molecule has 2 aromatic carbocycles. The van der Waals surface area contributed by atoms with Crippen molar-refractivity contribution in [3.05, 3.63) is 59.1 Å². The van der Waals surface area contributed by atoms with Crippen molar-refractivity contribution in [1.29, 1.82) is 0 Å². The van der Waals surface area contributed by atoms with Crippen LogP contribution >= 0.6 is 11.6 Å². The fourth-order valence-corrected chi connectivity index (χ4v) is 4.50. The number of amides is 2. The maximum Gasteiger partial charge on any atom is 0.253 e. The summed E-state index contributed by atoms with van der Waals surface area (Å²) < 4.78 is 0. The molecule has 1 unspecified atom stereocenters. The lowest BCUT2D eigenvalue weighted by Gasteiger charge is -2.33. The molecule has 2 amide bonds. The largest absolute Gasteiger partial charge is 0.370 e. The molecular weight excluding hydrogens is 398 g/mol. The molecule has 0 saturated carbocycles. The van der Waals surface area contributed by atoms with E-state index in [2.05, 4.69) is 16.3 Å². The molecule has 5 nitrogen and oxygen atoms in total. The van der Waals surface area contributed by atoms with Crippen molar-refractivity contribution < 1.29 is 9.59 Å². The fraction of sp³-hybridized carbons (Fsp3) is 0.417. The van der Waals surface area contributed by atoms with E-state index in [-0.39, 0.29) is 17.7 Å². The first-order valence-corrected chi connectivity index (χ1v) is 11.2. The van der Waals surface area contributed by atoms with Gasteiger partial charge in [-0.25, -0.2) is 0 Å². The summed E-state index contributed by atoms with van der Waals surface area (Å²) >= 11 is 5.93. The molecule has 0 radical (unpaired) electrons. The van der Waals surface area contributed by atoms with E-state index in [9.17, 15) is 9.59 Å². The molecule has 2 aromatic rings. The van der Waals surface area contributed by atoms with Crippen molar-refractivity contribution in [2.24, 2.45) is 5.92 Å². The third kappa shape index (κ3) is 4.78. The summed E-state index contributed by atoms with van der Waals surface area (Å²) in [5.74, 6) is -0.254. The van der Waals surface area contributed by atoms with Crippen molar-refractivity contribution in [2.75, 3.05) is 36.4 Å². The highest BCUT2D eigenvalue weighted by Crippen LogP contribution is 2.29. The Hall–Kier alpha value is -2.53. The lowest BCUT2D eigenvalue weighted by Crippen LogP contribution is -2.43. The van der Waals surface area contributed by atoms with Gasteiger partial charge in [-0.15, -0.1) is 0 Å². The SMILES string of the molecule is O=C(Nc1ccccc1N1CCCCC1)C1CCCN(C(=O)c2ccc(Cl)cc2)C1. The maximum absolute atomic E-state index is 13.1. The summed E-state index contributed by atoms with van der Waals surface area (Å²) in [5, 5.41) is 3.75. The van der Waals surface area contributed by atoms with Gasteiger partial charge >= 0.3 is 0 Å².